The van der Waals surface area contributed by atoms with Crippen LogP contribution in [0.3, 0.4) is 0 Å². The Hall–Kier alpha value is 0.210. The second-order valence-corrected chi connectivity index (χ2v) is 5.65. The van der Waals surface area contributed by atoms with E-state index in [2.05, 4.69) is 5.32 Å². The first-order valence-corrected chi connectivity index (χ1v) is 7.33. The maximum atomic E-state index is 6.27. The maximum absolute atomic E-state index is 6.27. The zero-order chi connectivity index (χ0) is 11.3. The Labute approximate surface area is 104 Å². The Morgan fingerprint density at radius 3 is 2.75 bits per heavy atom. The molecule has 1 aliphatic heterocycles. The standard InChI is InChI=1S/C13H24ClNO/c14-9-4-10-15-11-12-5-8-13(16-12)6-2-1-3-7-13/h12,15H,1-11H2. The van der Waals surface area contributed by atoms with E-state index in [0.717, 1.165) is 25.4 Å². The van der Waals surface area contributed by atoms with Gasteiger partial charge in [-0.05, 0) is 38.6 Å². The zero-order valence-electron chi connectivity index (χ0n) is 10.1. The number of ether oxygens (including phenoxy) is 1. The van der Waals surface area contributed by atoms with E-state index in [9.17, 15) is 0 Å². The highest BCUT2D eigenvalue weighted by molar-refractivity contribution is 6.17. The first-order chi connectivity index (χ1) is 7.85. The molecule has 0 radical (unpaired) electrons. The predicted molar refractivity (Wildman–Crippen MR) is 68.1 cm³/mol. The van der Waals surface area contributed by atoms with E-state index in [1.807, 2.05) is 0 Å². The average Bonchev–Trinajstić information content (AvgIpc) is 2.69. The minimum Gasteiger partial charge on any atom is -0.370 e. The van der Waals surface area contributed by atoms with Crippen LogP contribution in [0.1, 0.15) is 51.4 Å². The monoisotopic (exact) mass is 245 g/mol. The summed E-state index contributed by atoms with van der Waals surface area (Å²) in [5.41, 5.74) is 0.275. The van der Waals surface area contributed by atoms with Gasteiger partial charge in [0.05, 0.1) is 11.7 Å². The van der Waals surface area contributed by atoms with Crippen molar-refractivity contribution in [2.45, 2.75) is 63.1 Å². The van der Waals surface area contributed by atoms with Gasteiger partial charge in [-0.3, -0.25) is 0 Å². The molecule has 2 fully saturated rings. The zero-order valence-corrected chi connectivity index (χ0v) is 10.9. The van der Waals surface area contributed by atoms with Crippen molar-refractivity contribution < 1.29 is 4.74 Å². The van der Waals surface area contributed by atoms with E-state index in [1.54, 1.807) is 0 Å². The van der Waals surface area contributed by atoms with Gasteiger partial charge in [0.15, 0.2) is 0 Å². The molecule has 0 bridgehead atoms. The lowest BCUT2D eigenvalue weighted by atomic mass is 9.83. The molecule has 2 rings (SSSR count). The summed E-state index contributed by atoms with van der Waals surface area (Å²) in [7, 11) is 0. The average molecular weight is 246 g/mol. The van der Waals surface area contributed by atoms with Crippen LogP contribution in [0, 0.1) is 0 Å². The Bertz CT molecular complexity index is 204. The highest BCUT2D eigenvalue weighted by Gasteiger charge is 2.40. The number of hydrogen-bond donors (Lipinski definition) is 1. The van der Waals surface area contributed by atoms with Crippen LogP contribution in [-0.4, -0.2) is 30.7 Å². The van der Waals surface area contributed by atoms with Gasteiger partial charge >= 0.3 is 0 Å². The molecule has 0 aromatic carbocycles. The quantitative estimate of drug-likeness (QED) is 0.594. The molecular weight excluding hydrogens is 222 g/mol. The van der Waals surface area contributed by atoms with E-state index in [4.69, 9.17) is 16.3 Å². The molecule has 3 heteroatoms. The molecule has 1 unspecified atom stereocenters. The molecule has 1 N–H and O–H groups in total. The molecule has 0 aromatic heterocycles. The van der Waals surface area contributed by atoms with Crippen molar-refractivity contribution in [3.05, 3.63) is 0 Å². The molecule has 1 atom stereocenters. The Morgan fingerprint density at radius 2 is 2.00 bits per heavy atom. The van der Waals surface area contributed by atoms with Crippen molar-refractivity contribution in [1.29, 1.82) is 0 Å². The van der Waals surface area contributed by atoms with E-state index < -0.39 is 0 Å². The smallest absolute Gasteiger partial charge is 0.0708 e. The molecule has 1 aliphatic carbocycles. The molecule has 1 spiro atoms. The van der Waals surface area contributed by atoms with Gasteiger partial charge in [0.25, 0.3) is 0 Å². The topological polar surface area (TPSA) is 21.3 Å². The first-order valence-electron chi connectivity index (χ1n) is 6.79. The summed E-state index contributed by atoms with van der Waals surface area (Å²) in [5.74, 6) is 0.752. The molecule has 2 aliphatic rings. The molecular formula is C13H24ClNO. The van der Waals surface area contributed by atoms with Gasteiger partial charge in [-0.2, -0.15) is 0 Å². The van der Waals surface area contributed by atoms with Gasteiger partial charge in [0.1, 0.15) is 0 Å². The lowest BCUT2D eigenvalue weighted by molar-refractivity contribution is -0.0622. The lowest BCUT2D eigenvalue weighted by Crippen LogP contribution is -2.34. The fraction of sp³-hybridized carbons (Fsp3) is 1.00. The summed E-state index contributed by atoms with van der Waals surface area (Å²) < 4.78 is 6.27. The van der Waals surface area contributed by atoms with Gasteiger partial charge in [0.2, 0.25) is 0 Å². The van der Waals surface area contributed by atoms with Crippen LogP contribution < -0.4 is 5.32 Å². The number of halogens is 1. The predicted octanol–water partition coefficient (Wildman–Crippen LogP) is 3.09. The number of hydrogen-bond acceptors (Lipinski definition) is 2. The van der Waals surface area contributed by atoms with Crippen molar-refractivity contribution in [2.24, 2.45) is 0 Å². The second-order valence-electron chi connectivity index (χ2n) is 5.27. The Morgan fingerprint density at radius 1 is 1.19 bits per heavy atom. The fourth-order valence-electron chi connectivity index (χ4n) is 3.06. The van der Waals surface area contributed by atoms with Gasteiger partial charge < -0.3 is 10.1 Å². The molecule has 1 saturated carbocycles. The molecule has 0 amide bonds. The summed E-state index contributed by atoms with van der Waals surface area (Å²) in [4.78, 5) is 0. The van der Waals surface area contributed by atoms with Crippen molar-refractivity contribution in [1.82, 2.24) is 5.32 Å². The van der Waals surface area contributed by atoms with Gasteiger partial charge in [-0.1, -0.05) is 19.3 Å². The van der Waals surface area contributed by atoms with Gasteiger partial charge in [-0.15, -0.1) is 11.6 Å². The first kappa shape index (κ1) is 12.7. The van der Waals surface area contributed by atoms with Crippen LogP contribution in [0.4, 0.5) is 0 Å². The molecule has 94 valence electrons. The maximum Gasteiger partial charge on any atom is 0.0708 e. The number of nitrogens with one attached hydrogen (secondary N) is 1. The normalized spacial score (nSPS) is 28.7. The summed E-state index contributed by atoms with van der Waals surface area (Å²) in [5, 5.41) is 3.44. The van der Waals surface area contributed by atoms with Crippen LogP contribution in [-0.2, 0) is 4.74 Å². The highest BCUT2D eigenvalue weighted by Crippen LogP contribution is 2.41. The van der Waals surface area contributed by atoms with Crippen LogP contribution in [0.5, 0.6) is 0 Å². The van der Waals surface area contributed by atoms with E-state index in [-0.39, 0.29) is 5.60 Å². The highest BCUT2D eigenvalue weighted by atomic mass is 35.5. The molecule has 1 heterocycles. The van der Waals surface area contributed by atoms with Crippen molar-refractivity contribution in [2.75, 3.05) is 19.0 Å². The third-order valence-electron chi connectivity index (χ3n) is 3.96. The van der Waals surface area contributed by atoms with E-state index >= 15 is 0 Å². The van der Waals surface area contributed by atoms with E-state index in [0.29, 0.717) is 6.10 Å². The summed E-state index contributed by atoms with van der Waals surface area (Å²) >= 11 is 5.64. The van der Waals surface area contributed by atoms with E-state index in [1.165, 1.54) is 44.9 Å². The third-order valence-corrected chi connectivity index (χ3v) is 4.23. The number of alkyl halides is 1. The molecule has 2 nitrogen and oxygen atoms in total. The van der Waals surface area contributed by atoms with Crippen molar-refractivity contribution in [3.63, 3.8) is 0 Å². The van der Waals surface area contributed by atoms with Crippen LogP contribution >= 0.6 is 11.6 Å². The minimum atomic E-state index is 0.275. The van der Waals surface area contributed by atoms with Crippen LogP contribution in [0.25, 0.3) is 0 Å². The molecule has 16 heavy (non-hydrogen) atoms. The largest absolute Gasteiger partial charge is 0.370 e. The fourth-order valence-corrected chi connectivity index (χ4v) is 3.19. The Balaban J connectivity index is 1.66. The second kappa shape index (κ2) is 6.23. The van der Waals surface area contributed by atoms with Crippen molar-refractivity contribution in [3.8, 4) is 0 Å². The molecule has 1 saturated heterocycles. The summed E-state index contributed by atoms with van der Waals surface area (Å²) in [6.07, 6.45) is 10.8. The lowest BCUT2D eigenvalue weighted by Gasteiger charge is -2.33. The van der Waals surface area contributed by atoms with Crippen molar-refractivity contribution >= 4 is 11.6 Å². The third kappa shape index (κ3) is 3.35. The van der Waals surface area contributed by atoms with Crippen LogP contribution in [0.15, 0.2) is 0 Å². The van der Waals surface area contributed by atoms with Crippen LogP contribution in [0.2, 0.25) is 0 Å². The summed E-state index contributed by atoms with van der Waals surface area (Å²) in [6, 6.07) is 0. The Kier molecular flexibility index (Phi) is 4.93. The minimum absolute atomic E-state index is 0.275. The van der Waals surface area contributed by atoms with Gasteiger partial charge in [-0.25, -0.2) is 0 Å². The molecule has 0 aromatic rings. The summed E-state index contributed by atoms with van der Waals surface area (Å²) in [6.45, 7) is 2.04. The SMILES string of the molecule is ClCCCNCC1CCC2(CCCCC2)O1. The van der Waals surface area contributed by atoms with Gasteiger partial charge in [0, 0.05) is 12.4 Å². The number of rotatable bonds is 5.